The van der Waals surface area contributed by atoms with Gasteiger partial charge >= 0.3 is 6.03 Å². The topological polar surface area (TPSA) is 64.4 Å². The number of nitriles is 1. The lowest BCUT2D eigenvalue weighted by Gasteiger charge is -2.25. The van der Waals surface area contributed by atoms with Gasteiger partial charge in [0.1, 0.15) is 0 Å². The van der Waals surface area contributed by atoms with Crippen molar-refractivity contribution in [2.24, 2.45) is 0 Å². The number of imide groups is 1. The normalized spacial score (nSPS) is 24.1. The molecule has 0 radical (unpaired) electrons. The molecule has 17 heavy (non-hydrogen) atoms. The van der Waals surface area contributed by atoms with Crippen molar-refractivity contribution in [1.82, 2.24) is 9.80 Å². The largest absolute Gasteiger partial charge is 0.341 e. The van der Waals surface area contributed by atoms with Gasteiger partial charge in [-0.05, 0) is 12.5 Å². The number of carbonyl (C=O) groups is 2. The first-order valence-corrected chi connectivity index (χ1v) is 5.11. The maximum absolute atomic E-state index is 12.1. The van der Waals surface area contributed by atoms with E-state index in [4.69, 9.17) is 5.26 Å². The number of likely N-dealkylation sites (N-methyl/N-ethyl adjacent to an activating group) is 1. The van der Waals surface area contributed by atoms with Crippen LogP contribution in [0.5, 0.6) is 0 Å². The number of nitrogens with zero attached hydrogens (tertiary/aromatic N) is 3. The third-order valence-electron chi connectivity index (χ3n) is 3.08. The number of carbonyl (C=O) groups excluding carboxylic acids is 2. The maximum atomic E-state index is 12.1. The van der Waals surface area contributed by atoms with Crippen molar-refractivity contribution >= 4 is 11.9 Å². The van der Waals surface area contributed by atoms with E-state index in [0.29, 0.717) is 5.56 Å². The van der Waals surface area contributed by atoms with E-state index >= 15 is 0 Å². The van der Waals surface area contributed by atoms with Crippen molar-refractivity contribution in [2.75, 3.05) is 7.05 Å². The van der Waals surface area contributed by atoms with Crippen molar-refractivity contribution in [3.05, 3.63) is 35.9 Å². The summed E-state index contributed by atoms with van der Waals surface area (Å²) in [6.45, 7) is 1.58. The van der Waals surface area contributed by atoms with E-state index in [2.05, 4.69) is 0 Å². The molecule has 0 aromatic heterocycles. The van der Waals surface area contributed by atoms with E-state index in [1.165, 1.54) is 7.05 Å². The summed E-state index contributed by atoms with van der Waals surface area (Å²) in [5, 5.41) is 9.05. The Morgan fingerprint density at radius 3 is 2.35 bits per heavy atom. The van der Waals surface area contributed by atoms with Crippen LogP contribution >= 0.6 is 0 Å². The van der Waals surface area contributed by atoms with Gasteiger partial charge in [0.2, 0.25) is 0 Å². The molecule has 1 atom stereocenters. The van der Waals surface area contributed by atoms with E-state index in [-0.39, 0.29) is 0 Å². The first-order chi connectivity index (χ1) is 8.03. The van der Waals surface area contributed by atoms with E-state index in [0.717, 1.165) is 9.80 Å². The van der Waals surface area contributed by atoms with Crippen molar-refractivity contribution in [3.8, 4) is 6.19 Å². The molecule has 5 nitrogen and oxygen atoms in total. The lowest BCUT2D eigenvalue weighted by Crippen LogP contribution is -2.41. The maximum Gasteiger partial charge on any atom is 0.341 e. The highest BCUT2D eigenvalue weighted by molar-refractivity contribution is 6.07. The van der Waals surface area contributed by atoms with Crippen LogP contribution in [0.15, 0.2) is 30.3 Å². The van der Waals surface area contributed by atoms with Crippen molar-refractivity contribution in [3.63, 3.8) is 0 Å². The lowest BCUT2D eigenvalue weighted by molar-refractivity contribution is -0.131. The number of benzene rings is 1. The lowest BCUT2D eigenvalue weighted by atomic mass is 9.91. The van der Waals surface area contributed by atoms with E-state index in [1.54, 1.807) is 37.4 Å². The molecule has 0 bridgehead atoms. The van der Waals surface area contributed by atoms with Gasteiger partial charge in [-0.3, -0.25) is 9.69 Å². The predicted molar refractivity (Wildman–Crippen MR) is 59.4 cm³/mol. The van der Waals surface area contributed by atoms with Crippen LogP contribution in [-0.2, 0) is 10.3 Å². The van der Waals surface area contributed by atoms with Gasteiger partial charge in [0.15, 0.2) is 11.7 Å². The molecular formula is C12H11N3O2. The van der Waals surface area contributed by atoms with Gasteiger partial charge in [-0.1, -0.05) is 30.3 Å². The predicted octanol–water partition coefficient (Wildman–Crippen LogP) is 1.28. The zero-order valence-electron chi connectivity index (χ0n) is 9.54. The smallest absolute Gasteiger partial charge is 0.271 e. The highest BCUT2D eigenvalue weighted by atomic mass is 16.2. The van der Waals surface area contributed by atoms with E-state index in [1.807, 2.05) is 6.07 Å². The minimum Gasteiger partial charge on any atom is -0.271 e. The summed E-state index contributed by atoms with van der Waals surface area (Å²) in [4.78, 5) is 25.7. The molecule has 1 heterocycles. The van der Waals surface area contributed by atoms with E-state index < -0.39 is 17.5 Å². The van der Waals surface area contributed by atoms with Gasteiger partial charge in [-0.15, -0.1) is 0 Å². The van der Waals surface area contributed by atoms with Crippen LogP contribution in [0.3, 0.4) is 0 Å². The zero-order chi connectivity index (χ0) is 12.6. The molecule has 3 amide bonds. The number of urea groups is 1. The molecule has 1 aliphatic heterocycles. The van der Waals surface area contributed by atoms with Gasteiger partial charge < -0.3 is 0 Å². The van der Waals surface area contributed by atoms with Crippen LogP contribution in [0.2, 0.25) is 0 Å². The van der Waals surface area contributed by atoms with Gasteiger partial charge in [-0.2, -0.15) is 5.26 Å². The molecule has 2 rings (SSSR count). The van der Waals surface area contributed by atoms with Crippen LogP contribution in [0.1, 0.15) is 12.5 Å². The Bertz CT molecular complexity index is 520. The van der Waals surface area contributed by atoms with Gasteiger partial charge in [0.05, 0.1) is 0 Å². The first-order valence-electron chi connectivity index (χ1n) is 5.11. The van der Waals surface area contributed by atoms with Crippen LogP contribution < -0.4 is 0 Å². The fraction of sp³-hybridized carbons (Fsp3) is 0.250. The van der Waals surface area contributed by atoms with Crippen molar-refractivity contribution in [2.45, 2.75) is 12.5 Å². The molecule has 1 saturated heterocycles. The molecular weight excluding hydrogens is 218 g/mol. The fourth-order valence-electron chi connectivity index (χ4n) is 2.01. The fourth-order valence-corrected chi connectivity index (χ4v) is 2.01. The molecule has 5 heteroatoms. The zero-order valence-corrected chi connectivity index (χ0v) is 9.54. The molecule has 0 N–H and O–H groups in total. The number of hydrogen-bond donors (Lipinski definition) is 0. The average molecular weight is 229 g/mol. The van der Waals surface area contributed by atoms with Gasteiger partial charge in [-0.25, -0.2) is 9.69 Å². The summed E-state index contributed by atoms with van der Waals surface area (Å²) in [5.41, 5.74) is -0.605. The summed E-state index contributed by atoms with van der Waals surface area (Å²) >= 11 is 0. The average Bonchev–Trinajstić information content (AvgIpc) is 2.53. The summed E-state index contributed by atoms with van der Waals surface area (Å²) in [6, 6.07) is 8.22. The molecule has 0 saturated carbocycles. The second-order valence-electron chi connectivity index (χ2n) is 4.02. The van der Waals surface area contributed by atoms with Gasteiger partial charge in [0.25, 0.3) is 5.91 Å². The highest BCUT2D eigenvalue weighted by Crippen LogP contribution is 2.35. The molecule has 1 aromatic rings. The third kappa shape index (κ3) is 1.31. The van der Waals surface area contributed by atoms with Crippen LogP contribution in [0, 0.1) is 11.5 Å². The highest BCUT2D eigenvalue weighted by Gasteiger charge is 2.54. The van der Waals surface area contributed by atoms with Crippen LogP contribution in [0.25, 0.3) is 0 Å². The SMILES string of the molecule is CN1C(=O)N(C#N)C(C)(c2ccccc2)C1=O. The Kier molecular flexibility index (Phi) is 2.36. The third-order valence-corrected chi connectivity index (χ3v) is 3.08. The second-order valence-corrected chi connectivity index (χ2v) is 4.02. The standard InChI is InChI=1S/C12H11N3O2/c1-12(9-6-4-3-5-7-9)10(16)14(2)11(17)15(12)8-13/h3-7H,1-2H3. The summed E-state index contributed by atoms with van der Waals surface area (Å²) in [6.07, 6.45) is 1.78. The Labute approximate surface area is 98.9 Å². The summed E-state index contributed by atoms with van der Waals surface area (Å²) in [7, 11) is 1.38. The van der Waals surface area contributed by atoms with Crippen LogP contribution in [-0.4, -0.2) is 28.8 Å². The number of amides is 3. The Morgan fingerprint density at radius 2 is 1.82 bits per heavy atom. The molecule has 1 aliphatic rings. The van der Waals surface area contributed by atoms with Crippen molar-refractivity contribution < 1.29 is 9.59 Å². The Hall–Kier alpha value is -2.35. The van der Waals surface area contributed by atoms with Crippen LogP contribution in [0.4, 0.5) is 4.79 Å². The Morgan fingerprint density at radius 1 is 1.24 bits per heavy atom. The monoisotopic (exact) mass is 229 g/mol. The summed E-state index contributed by atoms with van der Waals surface area (Å²) in [5.74, 6) is -0.393. The summed E-state index contributed by atoms with van der Waals surface area (Å²) < 4.78 is 0. The Balaban J connectivity index is 2.60. The van der Waals surface area contributed by atoms with Gasteiger partial charge in [0, 0.05) is 7.05 Å². The van der Waals surface area contributed by atoms with E-state index in [9.17, 15) is 9.59 Å². The molecule has 1 aromatic carbocycles. The quantitative estimate of drug-likeness (QED) is 0.538. The second kappa shape index (κ2) is 3.59. The van der Waals surface area contributed by atoms with Crippen molar-refractivity contribution in [1.29, 1.82) is 5.26 Å². The molecule has 0 spiro atoms. The first kappa shape index (κ1) is 11.1. The minimum atomic E-state index is -1.23. The number of rotatable bonds is 1. The molecule has 0 aliphatic carbocycles. The molecule has 1 unspecified atom stereocenters. The molecule has 86 valence electrons. The minimum absolute atomic E-state index is 0.393. The molecule has 1 fully saturated rings. The number of hydrogen-bond acceptors (Lipinski definition) is 3.